The van der Waals surface area contributed by atoms with E-state index in [2.05, 4.69) is 15.3 Å². The summed E-state index contributed by atoms with van der Waals surface area (Å²) in [5.41, 5.74) is 5.60. The maximum atomic E-state index is 12.5. The van der Waals surface area contributed by atoms with Gasteiger partial charge in [0.15, 0.2) is 5.84 Å². The summed E-state index contributed by atoms with van der Waals surface area (Å²) in [7, 11) is 1.69. The highest BCUT2D eigenvalue weighted by Gasteiger charge is 2.55. The van der Waals surface area contributed by atoms with Gasteiger partial charge in [0.1, 0.15) is 0 Å². The highest BCUT2D eigenvalue weighted by molar-refractivity contribution is 6.21. The summed E-state index contributed by atoms with van der Waals surface area (Å²) in [6.07, 6.45) is 0. The van der Waals surface area contributed by atoms with Crippen LogP contribution < -0.4 is 11.1 Å². The number of likely N-dealkylation sites (N-methyl/N-ethyl adjacent to an activating group) is 1. The van der Waals surface area contributed by atoms with Crippen molar-refractivity contribution < 1.29 is 9.90 Å². The monoisotopic (exact) mass is 349 g/mol. The lowest BCUT2D eigenvalue weighted by molar-refractivity contribution is -0.152. The largest absolute Gasteiger partial charge is 0.369 e. The molecule has 2 aliphatic heterocycles. The van der Waals surface area contributed by atoms with Crippen LogP contribution in [0, 0.1) is 0 Å². The van der Waals surface area contributed by atoms with Crippen molar-refractivity contribution in [3.8, 4) is 0 Å². The van der Waals surface area contributed by atoms with Crippen LogP contribution in [0.25, 0.3) is 0 Å². The fourth-order valence-electron chi connectivity index (χ4n) is 3.54. The van der Waals surface area contributed by atoms with Gasteiger partial charge >= 0.3 is 0 Å². The fraction of sp³-hybridized carbons (Fsp3) is 0.211. The summed E-state index contributed by atoms with van der Waals surface area (Å²) < 4.78 is 0. The molecule has 7 nitrogen and oxygen atoms in total. The molecule has 3 unspecified atom stereocenters. The van der Waals surface area contributed by atoms with Crippen LogP contribution in [0.2, 0.25) is 0 Å². The molecule has 26 heavy (non-hydrogen) atoms. The number of nitrogens with two attached hydrogens (primary N) is 1. The Bertz CT molecular complexity index is 897. The van der Waals surface area contributed by atoms with E-state index in [1.54, 1.807) is 11.9 Å². The number of fused-ring (bicyclic) bond motifs is 1. The molecule has 2 aromatic rings. The van der Waals surface area contributed by atoms with Crippen molar-refractivity contribution in [3.05, 3.63) is 71.8 Å². The second kappa shape index (κ2) is 6.05. The van der Waals surface area contributed by atoms with Crippen LogP contribution >= 0.6 is 0 Å². The second-order valence-electron chi connectivity index (χ2n) is 6.40. The highest BCUT2D eigenvalue weighted by atomic mass is 16.3. The number of carbonyl (C=O) groups excluding carboxylic acids is 1. The number of benzene rings is 2. The third-order valence-electron chi connectivity index (χ3n) is 4.87. The Labute approximate surface area is 150 Å². The molecular formula is C19H19N5O2. The van der Waals surface area contributed by atoms with Gasteiger partial charge in [-0.1, -0.05) is 60.7 Å². The van der Waals surface area contributed by atoms with Gasteiger partial charge < -0.3 is 10.8 Å². The van der Waals surface area contributed by atoms with Gasteiger partial charge in [-0.15, -0.1) is 0 Å². The molecule has 7 heteroatoms. The van der Waals surface area contributed by atoms with E-state index in [0.29, 0.717) is 0 Å². The first kappa shape index (κ1) is 16.4. The Morgan fingerprint density at radius 2 is 1.65 bits per heavy atom. The summed E-state index contributed by atoms with van der Waals surface area (Å²) in [6, 6.07) is 18.7. The number of carbonyl (C=O) groups is 1. The maximum absolute atomic E-state index is 12.5. The summed E-state index contributed by atoms with van der Waals surface area (Å²) in [5, 5.41) is 13.6. The molecule has 0 spiro atoms. The minimum atomic E-state index is -1.98. The lowest BCUT2D eigenvalue weighted by atomic mass is 9.88. The van der Waals surface area contributed by atoms with Gasteiger partial charge in [-0.3, -0.25) is 20.0 Å². The zero-order valence-corrected chi connectivity index (χ0v) is 14.2. The Morgan fingerprint density at radius 3 is 2.27 bits per heavy atom. The van der Waals surface area contributed by atoms with Crippen molar-refractivity contribution in [1.29, 1.82) is 0 Å². The molecule has 4 N–H and O–H groups in total. The number of hydrogen-bond acceptors (Lipinski definition) is 6. The number of rotatable bonds is 2. The average Bonchev–Trinajstić information content (AvgIpc) is 2.65. The maximum Gasteiger partial charge on any atom is 0.282 e. The summed E-state index contributed by atoms with van der Waals surface area (Å²) in [4.78, 5) is 22.9. The van der Waals surface area contributed by atoms with Crippen LogP contribution in [-0.4, -0.2) is 40.5 Å². The smallest absolute Gasteiger partial charge is 0.282 e. The normalized spacial score (nSPS) is 28.6. The Morgan fingerprint density at radius 1 is 1.08 bits per heavy atom. The molecule has 0 saturated heterocycles. The van der Waals surface area contributed by atoms with Crippen molar-refractivity contribution >= 4 is 17.7 Å². The number of nitrogens with zero attached hydrogens (tertiary/aromatic N) is 3. The molecule has 1 amide bonds. The molecule has 4 rings (SSSR count). The topological polar surface area (TPSA) is 103 Å². The lowest BCUT2D eigenvalue weighted by Crippen LogP contribution is -2.69. The highest BCUT2D eigenvalue weighted by Crippen LogP contribution is 2.44. The van der Waals surface area contributed by atoms with Gasteiger partial charge in [0.25, 0.3) is 11.6 Å². The molecule has 0 aromatic heterocycles. The van der Waals surface area contributed by atoms with Crippen molar-refractivity contribution in [3.63, 3.8) is 0 Å². The second-order valence-corrected chi connectivity index (χ2v) is 6.40. The molecule has 2 aromatic carbocycles. The first-order chi connectivity index (χ1) is 12.5. The lowest BCUT2D eigenvalue weighted by Gasteiger charge is -2.47. The Kier molecular flexibility index (Phi) is 3.82. The first-order valence-corrected chi connectivity index (χ1v) is 8.31. The van der Waals surface area contributed by atoms with Crippen LogP contribution in [-0.2, 0) is 4.79 Å². The molecule has 132 valence electrons. The molecule has 3 atom stereocenters. The van der Waals surface area contributed by atoms with Crippen LogP contribution in [0.1, 0.15) is 23.2 Å². The zero-order chi connectivity index (χ0) is 18.3. The van der Waals surface area contributed by atoms with Crippen molar-refractivity contribution in [1.82, 2.24) is 10.2 Å². The number of guanidine groups is 1. The van der Waals surface area contributed by atoms with E-state index in [9.17, 15) is 9.90 Å². The molecule has 0 aliphatic carbocycles. The minimum Gasteiger partial charge on any atom is -0.369 e. The number of amidine groups is 1. The number of nitrogens with one attached hydrogen (secondary N) is 1. The number of hydrogen-bond donors (Lipinski definition) is 3. The summed E-state index contributed by atoms with van der Waals surface area (Å²) >= 11 is 0. The van der Waals surface area contributed by atoms with E-state index in [0.717, 1.165) is 11.1 Å². The third kappa shape index (κ3) is 2.40. The van der Waals surface area contributed by atoms with Gasteiger partial charge in [-0.25, -0.2) is 0 Å². The predicted octanol–water partition coefficient (Wildman–Crippen LogP) is 0.946. The van der Waals surface area contributed by atoms with Crippen molar-refractivity contribution in [2.75, 3.05) is 7.05 Å². The molecule has 2 heterocycles. The van der Waals surface area contributed by atoms with E-state index in [4.69, 9.17) is 5.73 Å². The predicted molar refractivity (Wildman–Crippen MR) is 98.3 cm³/mol. The zero-order valence-electron chi connectivity index (χ0n) is 14.2. The summed E-state index contributed by atoms with van der Waals surface area (Å²) in [5.74, 6) is -0.724. The number of aliphatic hydroxyl groups is 1. The quantitative estimate of drug-likeness (QED) is 0.751. The van der Waals surface area contributed by atoms with E-state index in [-0.39, 0.29) is 23.9 Å². The van der Waals surface area contributed by atoms with Crippen LogP contribution in [0.4, 0.5) is 0 Å². The van der Waals surface area contributed by atoms with E-state index in [1.165, 1.54) is 0 Å². The van der Waals surface area contributed by atoms with Crippen LogP contribution in [0.15, 0.2) is 70.6 Å². The van der Waals surface area contributed by atoms with Gasteiger partial charge in [0.2, 0.25) is 5.96 Å². The van der Waals surface area contributed by atoms with Crippen LogP contribution in [0.5, 0.6) is 0 Å². The van der Waals surface area contributed by atoms with E-state index < -0.39 is 11.6 Å². The third-order valence-corrected chi connectivity index (χ3v) is 4.87. The van der Waals surface area contributed by atoms with Crippen LogP contribution in [0.3, 0.4) is 0 Å². The standard InChI is InChI=1S/C19H19N5O2/c1-24-15(13-10-6-3-7-11-13)14(12-8-4-2-5-9-12)21-16-19(24,26)17(25)23-18(20)22-16/h2-11,14-15,26H,1H3,(H3,20,21,22,23,25). The van der Waals surface area contributed by atoms with Crippen molar-refractivity contribution in [2.45, 2.75) is 17.8 Å². The first-order valence-electron chi connectivity index (χ1n) is 8.31. The van der Waals surface area contributed by atoms with Gasteiger partial charge in [-0.2, -0.15) is 4.99 Å². The van der Waals surface area contributed by atoms with Crippen molar-refractivity contribution in [2.24, 2.45) is 15.7 Å². The molecule has 0 saturated carbocycles. The minimum absolute atomic E-state index is 0.00211. The van der Waals surface area contributed by atoms with E-state index in [1.807, 2.05) is 60.7 Å². The molecule has 0 bridgehead atoms. The average molecular weight is 349 g/mol. The van der Waals surface area contributed by atoms with Gasteiger partial charge in [0, 0.05) is 0 Å². The van der Waals surface area contributed by atoms with Gasteiger partial charge in [-0.05, 0) is 18.2 Å². The summed E-state index contributed by atoms with van der Waals surface area (Å²) in [6.45, 7) is 0. The molecule has 2 aliphatic rings. The number of aliphatic imine (C=N–C) groups is 2. The SMILES string of the molecule is CN1C(c2ccccc2)C(c2ccccc2)N=C2N=C(N)NC(=O)C21O. The number of amides is 1. The molecule has 0 fully saturated rings. The Balaban J connectivity index is 1.93. The fourth-order valence-corrected chi connectivity index (χ4v) is 3.54. The Hall–Kier alpha value is -3.03. The van der Waals surface area contributed by atoms with E-state index >= 15 is 0 Å². The molecular weight excluding hydrogens is 330 g/mol. The van der Waals surface area contributed by atoms with Gasteiger partial charge in [0.05, 0.1) is 12.1 Å². The molecule has 0 radical (unpaired) electrons.